The van der Waals surface area contributed by atoms with Crippen LogP contribution in [0.15, 0.2) is 36.7 Å². The van der Waals surface area contributed by atoms with Crippen molar-refractivity contribution < 1.29 is 31.5 Å². The highest BCUT2D eigenvalue weighted by molar-refractivity contribution is 6.01. The van der Waals surface area contributed by atoms with E-state index in [1.165, 1.54) is 37.2 Å². The lowest BCUT2D eigenvalue weighted by Gasteiger charge is -2.35. The molecule has 0 radical (unpaired) electrons. The van der Waals surface area contributed by atoms with Gasteiger partial charge in [0.05, 0.1) is 11.1 Å². The third kappa shape index (κ3) is 5.66. The van der Waals surface area contributed by atoms with Crippen LogP contribution in [0.2, 0.25) is 0 Å². The second kappa shape index (κ2) is 11.1. The van der Waals surface area contributed by atoms with Crippen LogP contribution in [0.4, 0.5) is 39.1 Å². The number of piperazine rings is 1. The maximum Gasteiger partial charge on any atom is 0.418 e. The van der Waals surface area contributed by atoms with Gasteiger partial charge in [-0.25, -0.2) is 18.7 Å². The number of hydrogen-bond acceptors (Lipinski definition) is 7. The number of nitrogens with one attached hydrogen (secondary N) is 2. The summed E-state index contributed by atoms with van der Waals surface area (Å²) in [6.45, 7) is 3.76. The number of rotatable bonds is 6. The largest absolute Gasteiger partial charge is 0.435 e. The highest BCUT2D eigenvalue weighted by atomic mass is 19.4. The number of hydrogen-bond donors (Lipinski definition) is 2. The Morgan fingerprint density at radius 3 is 2.45 bits per heavy atom. The smallest absolute Gasteiger partial charge is 0.418 e. The van der Waals surface area contributed by atoms with Gasteiger partial charge in [0.1, 0.15) is 11.9 Å². The summed E-state index contributed by atoms with van der Waals surface area (Å²) in [4.78, 5) is 28.9. The Labute approximate surface area is 237 Å². The Bertz CT molecular complexity index is 1650. The van der Waals surface area contributed by atoms with Gasteiger partial charge in [0.25, 0.3) is 5.91 Å². The molecule has 0 spiro atoms. The minimum Gasteiger partial charge on any atom is -0.435 e. The summed E-state index contributed by atoms with van der Waals surface area (Å²) in [7, 11) is 4.78. The zero-order valence-electron chi connectivity index (χ0n) is 23.2. The first-order valence-corrected chi connectivity index (χ1v) is 13.0. The highest BCUT2D eigenvalue weighted by Gasteiger charge is 2.36. The second-order valence-electron chi connectivity index (χ2n) is 10.3. The van der Waals surface area contributed by atoms with Crippen molar-refractivity contribution in [2.24, 2.45) is 0 Å². The van der Waals surface area contributed by atoms with Crippen molar-refractivity contribution in [1.82, 2.24) is 24.8 Å². The SMILES string of the molecule is Cc1cc2c(F)c(Oc3ncnc(Nc4ccc(N5CCN(C)CC5)c(C(F)(F)F)c4)c3C(=O)N(C)C)cc(F)c2[nH]1. The molecule has 0 aliphatic carbocycles. The Morgan fingerprint density at radius 2 is 1.79 bits per heavy atom. The molecule has 0 saturated carbocycles. The molecule has 9 nitrogen and oxygen atoms in total. The molecule has 3 heterocycles. The molecule has 42 heavy (non-hydrogen) atoms. The predicted octanol–water partition coefficient (Wildman–Crippen LogP) is 5.55. The van der Waals surface area contributed by atoms with Gasteiger partial charge < -0.3 is 29.7 Å². The molecular weight excluding hydrogens is 561 g/mol. The standard InChI is InChI=1S/C28H28F5N7O2/c1-15-11-17-23(30)21(13-19(29)24(17)36-15)42-26-22(27(41)38(2)3)25(34-14-35-26)37-16-5-6-20(18(12-16)28(31,32)33)40-9-7-39(4)8-10-40/h5-6,11-14,36H,7-10H2,1-4H3,(H,34,35,37). The number of anilines is 3. The molecule has 0 atom stereocenters. The van der Waals surface area contributed by atoms with Crippen LogP contribution in [-0.2, 0) is 6.18 Å². The van der Waals surface area contributed by atoms with Crippen molar-refractivity contribution in [3.05, 3.63) is 65.1 Å². The number of aromatic nitrogens is 3. The fourth-order valence-corrected chi connectivity index (χ4v) is 4.77. The van der Waals surface area contributed by atoms with Crippen molar-refractivity contribution in [2.75, 3.05) is 57.5 Å². The molecule has 1 fully saturated rings. The molecule has 1 aliphatic rings. The van der Waals surface area contributed by atoms with E-state index in [-0.39, 0.29) is 33.7 Å². The number of benzene rings is 2. The number of ether oxygens (including phenoxy) is 1. The van der Waals surface area contributed by atoms with Gasteiger partial charge in [0.2, 0.25) is 5.88 Å². The van der Waals surface area contributed by atoms with E-state index in [4.69, 9.17) is 4.74 Å². The Morgan fingerprint density at radius 1 is 1.07 bits per heavy atom. The van der Waals surface area contributed by atoms with E-state index in [0.717, 1.165) is 18.5 Å². The lowest BCUT2D eigenvalue weighted by atomic mass is 10.1. The number of carbonyl (C=O) groups is 1. The predicted molar refractivity (Wildman–Crippen MR) is 148 cm³/mol. The summed E-state index contributed by atoms with van der Waals surface area (Å²) >= 11 is 0. The van der Waals surface area contributed by atoms with Gasteiger partial charge in [-0.1, -0.05) is 0 Å². The van der Waals surface area contributed by atoms with E-state index < -0.39 is 40.9 Å². The van der Waals surface area contributed by atoms with Gasteiger partial charge in [-0.2, -0.15) is 13.2 Å². The van der Waals surface area contributed by atoms with Crippen molar-refractivity contribution in [1.29, 1.82) is 0 Å². The van der Waals surface area contributed by atoms with E-state index in [9.17, 15) is 22.4 Å². The fraction of sp³-hybridized carbons (Fsp3) is 0.321. The molecule has 5 rings (SSSR count). The third-order valence-electron chi connectivity index (χ3n) is 6.95. The first kappa shape index (κ1) is 29.0. The van der Waals surface area contributed by atoms with Crippen molar-refractivity contribution in [3.63, 3.8) is 0 Å². The summed E-state index contributed by atoms with van der Waals surface area (Å²) in [6.07, 6.45) is -3.66. The molecule has 1 amide bonds. The van der Waals surface area contributed by atoms with Gasteiger partial charge in [0.15, 0.2) is 23.2 Å². The summed E-state index contributed by atoms with van der Waals surface area (Å²) in [5.74, 6) is -3.49. The minimum atomic E-state index is -4.66. The second-order valence-corrected chi connectivity index (χ2v) is 10.3. The number of carbonyl (C=O) groups excluding carboxylic acids is 1. The van der Waals surface area contributed by atoms with Crippen molar-refractivity contribution >= 4 is 34.0 Å². The number of alkyl halides is 3. The Balaban J connectivity index is 1.54. The summed E-state index contributed by atoms with van der Waals surface area (Å²) in [5, 5.41) is 2.71. The van der Waals surface area contributed by atoms with Crippen LogP contribution >= 0.6 is 0 Å². The number of halogens is 5. The Hall–Kier alpha value is -4.46. The van der Waals surface area contributed by atoms with Crippen LogP contribution < -0.4 is 15.0 Å². The molecule has 222 valence electrons. The molecule has 2 N–H and O–H groups in total. The molecule has 1 saturated heterocycles. The monoisotopic (exact) mass is 589 g/mol. The summed E-state index contributed by atoms with van der Waals surface area (Å²) < 4.78 is 78.1. The highest BCUT2D eigenvalue weighted by Crippen LogP contribution is 2.40. The van der Waals surface area contributed by atoms with Gasteiger partial charge in [-0.15, -0.1) is 0 Å². The number of amides is 1. The molecule has 0 unspecified atom stereocenters. The summed E-state index contributed by atoms with van der Waals surface area (Å²) in [6, 6.07) is 5.99. The Kier molecular flexibility index (Phi) is 7.66. The summed E-state index contributed by atoms with van der Waals surface area (Å²) in [5.41, 5.74) is -0.620. The van der Waals surface area contributed by atoms with Crippen LogP contribution in [0.25, 0.3) is 10.9 Å². The number of aromatic amines is 1. The minimum absolute atomic E-state index is 0.000832. The number of likely N-dealkylation sites (N-methyl/N-ethyl adjacent to an activating group) is 1. The van der Waals surface area contributed by atoms with E-state index >= 15 is 4.39 Å². The zero-order valence-corrected chi connectivity index (χ0v) is 23.2. The molecule has 2 aromatic carbocycles. The van der Waals surface area contributed by atoms with E-state index in [0.29, 0.717) is 31.9 Å². The normalized spacial score (nSPS) is 14.4. The maximum absolute atomic E-state index is 15.3. The molecule has 1 aliphatic heterocycles. The number of H-pyrrole nitrogens is 1. The van der Waals surface area contributed by atoms with Gasteiger partial charge in [-0.3, -0.25) is 4.79 Å². The first-order chi connectivity index (χ1) is 19.8. The molecule has 4 aromatic rings. The number of aryl methyl sites for hydroxylation is 1. The van der Waals surface area contributed by atoms with Gasteiger partial charge >= 0.3 is 6.18 Å². The van der Waals surface area contributed by atoms with Crippen LogP contribution in [0.1, 0.15) is 21.6 Å². The van der Waals surface area contributed by atoms with Crippen LogP contribution in [0.3, 0.4) is 0 Å². The average Bonchev–Trinajstić information content (AvgIpc) is 3.34. The number of fused-ring (bicyclic) bond motifs is 1. The topological polar surface area (TPSA) is 89.6 Å². The van der Waals surface area contributed by atoms with Crippen molar-refractivity contribution in [2.45, 2.75) is 13.1 Å². The average molecular weight is 590 g/mol. The first-order valence-electron chi connectivity index (χ1n) is 13.0. The molecule has 0 bridgehead atoms. The quantitative estimate of drug-likeness (QED) is 0.285. The van der Waals surface area contributed by atoms with Crippen molar-refractivity contribution in [3.8, 4) is 11.6 Å². The molecule has 2 aromatic heterocycles. The molecular formula is C28H28F5N7O2. The van der Waals surface area contributed by atoms with Crippen LogP contribution in [0, 0.1) is 18.6 Å². The van der Waals surface area contributed by atoms with E-state index in [1.807, 2.05) is 11.9 Å². The van der Waals surface area contributed by atoms with Gasteiger partial charge in [0, 0.05) is 68.8 Å². The van der Waals surface area contributed by atoms with E-state index in [2.05, 4.69) is 20.3 Å². The maximum atomic E-state index is 15.3. The lowest BCUT2D eigenvalue weighted by Crippen LogP contribution is -2.45. The van der Waals surface area contributed by atoms with Crippen LogP contribution in [-0.4, -0.2) is 78.0 Å². The third-order valence-corrected chi connectivity index (χ3v) is 6.95. The zero-order chi connectivity index (χ0) is 30.3. The lowest BCUT2D eigenvalue weighted by molar-refractivity contribution is -0.137. The van der Waals surface area contributed by atoms with Crippen LogP contribution in [0.5, 0.6) is 11.6 Å². The van der Waals surface area contributed by atoms with E-state index in [1.54, 1.807) is 11.8 Å². The molecule has 14 heteroatoms. The fourth-order valence-electron chi connectivity index (χ4n) is 4.77. The number of nitrogens with zero attached hydrogens (tertiary/aromatic N) is 5. The van der Waals surface area contributed by atoms with Gasteiger partial charge in [-0.05, 0) is 38.2 Å².